The van der Waals surface area contributed by atoms with Crippen molar-refractivity contribution in [2.24, 2.45) is 0 Å². The lowest BCUT2D eigenvalue weighted by molar-refractivity contribution is -0.478. The van der Waals surface area contributed by atoms with E-state index in [0.29, 0.717) is 11.4 Å². The number of para-hydroxylation sites is 1. The molecular weight excluding hydrogens is 466 g/mol. The zero-order valence-electron chi connectivity index (χ0n) is 18.1. The molecule has 1 atom stereocenters. The Balaban J connectivity index is 1.87. The van der Waals surface area contributed by atoms with Gasteiger partial charge in [0.2, 0.25) is 5.60 Å². The number of quaternary nitrogens is 1. The first kappa shape index (κ1) is 24.1. The van der Waals surface area contributed by atoms with Crippen molar-refractivity contribution in [3.8, 4) is 0 Å². The molecule has 0 bridgehead atoms. The first-order valence-electron chi connectivity index (χ1n) is 10.4. The fraction of sp³-hybridized carbons (Fsp3) is 0.120. The number of benzene rings is 3. The molecule has 0 fully saturated rings. The van der Waals surface area contributed by atoms with Crippen LogP contribution in [0.5, 0.6) is 0 Å². The van der Waals surface area contributed by atoms with Gasteiger partial charge in [-0.15, -0.1) is 0 Å². The van der Waals surface area contributed by atoms with Crippen molar-refractivity contribution in [3.05, 3.63) is 95.4 Å². The molecule has 4 aromatic rings. The van der Waals surface area contributed by atoms with Gasteiger partial charge in [-0.2, -0.15) is 13.2 Å². The second kappa shape index (κ2) is 8.97. The molecule has 0 saturated carbocycles. The molecule has 0 amide bonds. The van der Waals surface area contributed by atoms with Crippen LogP contribution in [0.1, 0.15) is 16.7 Å². The molecule has 6 nitrogen and oxygen atoms in total. The predicted molar refractivity (Wildman–Crippen MR) is 121 cm³/mol. The number of aromatic nitrogens is 1. The average Bonchev–Trinajstić information content (AvgIpc) is 3.17. The highest BCUT2D eigenvalue weighted by molar-refractivity contribution is 5.88. The van der Waals surface area contributed by atoms with Gasteiger partial charge in [0, 0.05) is 47.1 Å². The summed E-state index contributed by atoms with van der Waals surface area (Å²) in [6.07, 6.45) is -3.31. The van der Waals surface area contributed by atoms with Crippen molar-refractivity contribution in [1.82, 2.24) is 4.57 Å². The van der Waals surface area contributed by atoms with E-state index in [-0.39, 0.29) is 16.5 Å². The fourth-order valence-electron chi connectivity index (χ4n) is 4.08. The number of carbonyl (C=O) groups is 1. The second-order valence-corrected chi connectivity index (χ2v) is 7.97. The van der Waals surface area contributed by atoms with Crippen LogP contribution in [-0.4, -0.2) is 33.1 Å². The van der Waals surface area contributed by atoms with Gasteiger partial charge in [0.05, 0.1) is 5.56 Å². The van der Waals surface area contributed by atoms with Crippen LogP contribution >= 0.6 is 0 Å². The van der Waals surface area contributed by atoms with Crippen molar-refractivity contribution in [2.75, 3.05) is 0 Å². The van der Waals surface area contributed by atoms with Crippen LogP contribution in [-0.2, 0) is 16.9 Å². The third-order valence-corrected chi connectivity index (χ3v) is 5.75. The zero-order valence-corrected chi connectivity index (χ0v) is 18.1. The number of carboxylic acids is 1. The normalized spacial score (nSPS) is 13.5. The third kappa shape index (κ3) is 4.41. The maximum Gasteiger partial charge on any atom is 0.425 e. The van der Waals surface area contributed by atoms with Gasteiger partial charge in [0.1, 0.15) is 23.7 Å². The monoisotopic (exact) mass is 486 g/mol. The Kier molecular flexibility index (Phi) is 6.18. The van der Waals surface area contributed by atoms with Crippen LogP contribution in [0.2, 0.25) is 0 Å². The van der Waals surface area contributed by atoms with Gasteiger partial charge in [-0.05, 0) is 35.9 Å². The Morgan fingerprint density at radius 3 is 2.37 bits per heavy atom. The fourth-order valence-corrected chi connectivity index (χ4v) is 4.08. The van der Waals surface area contributed by atoms with Crippen molar-refractivity contribution >= 4 is 34.5 Å². The van der Waals surface area contributed by atoms with Gasteiger partial charge in [-0.3, -0.25) is 10.1 Å². The van der Waals surface area contributed by atoms with Crippen LogP contribution in [0.4, 0.5) is 28.9 Å². The number of nitrogens with one attached hydrogen (secondary N) is 1. The van der Waals surface area contributed by atoms with Crippen molar-refractivity contribution in [2.45, 2.75) is 18.3 Å². The summed E-state index contributed by atoms with van der Waals surface area (Å²) >= 11 is 0. The van der Waals surface area contributed by atoms with Gasteiger partial charge >= 0.3 is 12.1 Å². The van der Waals surface area contributed by atoms with E-state index < -0.39 is 41.2 Å². The lowest BCUT2D eigenvalue weighted by atomic mass is 9.84. The number of alkyl halides is 3. The molecule has 3 aromatic carbocycles. The van der Waals surface area contributed by atoms with Crippen molar-refractivity contribution < 1.29 is 37.9 Å². The minimum atomic E-state index is -5.17. The van der Waals surface area contributed by atoms with Crippen LogP contribution < -0.4 is 5.32 Å². The molecule has 10 heteroatoms. The first-order chi connectivity index (χ1) is 16.5. The number of aliphatic hydroxyl groups is 1. The van der Waals surface area contributed by atoms with E-state index >= 15 is 0 Å². The van der Waals surface area contributed by atoms with E-state index in [1.165, 1.54) is 48.5 Å². The summed E-state index contributed by atoms with van der Waals surface area (Å²) in [7, 11) is 0. The van der Waals surface area contributed by atoms with E-state index in [4.69, 9.17) is 5.41 Å². The van der Waals surface area contributed by atoms with Gasteiger partial charge in [0.25, 0.3) is 0 Å². The van der Waals surface area contributed by atoms with Crippen LogP contribution in [0, 0.1) is 11.2 Å². The molecule has 0 aliphatic rings. The minimum absolute atomic E-state index is 0.0481. The van der Waals surface area contributed by atoms with E-state index in [1.807, 2.05) is 0 Å². The Morgan fingerprint density at radius 1 is 1.06 bits per heavy atom. The Labute approximate surface area is 196 Å². The Morgan fingerprint density at radius 2 is 1.74 bits per heavy atom. The molecule has 4 rings (SSSR count). The molecule has 0 spiro atoms. The molecule has 0 saturated heterocycles. The highest BCUT2D eigenvalue weighted by atomic mass is 19.4. The molecule has 1 heterocycles. The van der Waals surface area contributed by atoms with Crippen LogP contribution in [0.3, 0.4) is 0 Å². The smallest absolute Gasteiger partial charge is 0.425 e. The molecule has 5 N–H and O–H groups in total. The summed E-state index contributed by atoms with van der Waals surface area (Å²) in [6.45, 7) is -0.592. The summed E-state index contributed by atoms with van der Waals surface area (Å²) in [4.78, 5) is 11.3. The molecule has 180 valence electrons. The Hall–Kier alpha value is -4.02. The van der Waals surface area contributed by atoms with Gasteiger partial charge in [0.15, 0.2) is 0 Å². The largest absolute Gasteiger partial charge is 0.480 e. The second-order valence-electron chi connectivity index (χ2n) is 7.97. The SMILES string of the molecule is N=Cc1cc(C(O)(c2cn(CC(=O)O)c3ccccc23)C(F)(F)F)ccc1[NH2+]c1ccc(F)cc1. The molecule has 35 heavy (non-hydrogen) atoms. The topological polar surface area (TPSA) is 103 Å². The van der Waals surface area contributed by atoms with Crippen LogP contribution in [0.15, 0.2) is 72.9 Å². The number of rotatable bonds is 7. The number of carboxylic acid groups (broad SMARTS) is 1. The highest BCUT2D eigenvalue weighted by Gasteiger charge is 2.57. The Bertz CT molecular complexity index is 1410. The van der Waals surface area contributed by atoms with Gasteiger partial charge in [-0.1, -0.05) is 18.2 Å². The summed E-state index contributed by atoms with van der Waals surface area (Å²) in [6, 6.07) is 14.9. The van der Waals surface area contributed by atoms with Crippen molar-refractivity contribution in [1.29, 1.82) is 5.41 Å². The molecule has 0 aliphatic carbocycles. The number of aliphatic carboxylic acids is 1. The first-order valence-corrected chi connectivity index (χ1v) is 10.4. The van der Waals surface area contributed by atoms with Crippen molar-refractivity contribution in [3.63, 3.8) is 0 Å². The lowest BCUT2D eigenvalue weighted by Gasteiger charge is -2.31. The van der Waals surface area contributed by atoms with E-state index in [1.54, 1.807) is 11.4 Å². The van der Waals surface area contributed by atoms with E-state index in [2.05, 4.69) is 0 Å². The van der Waals surface area contributed by atoms with Crippen LogP contribution in [0.25, 0.3) is 10.9 Å². The zero-order chi connectivity index (χ0) is 25.4. The third-order valence-electron chi connectivity index (χ3n) is 5.75. The average molecular weight is 486 g/mol. The number of hydrogen-bond acceptors (Lipinski definition) is 3. The highest BCUT2D eigenvalue weighted by Crippen LogP contribution is 2.47. The molecular formula is C25H20F4N3O3+. The number of nitrogens with two attached hydrogens (primary N) is 1. The summed E-state index contributed by atoms with van der Waals surface area (Å²) in [5.74, 6) is -1.69. The van der Waals surface area contributed by atoms with Gasteiger partial charge in [-0.25, -0.2) is 4.39 Å². The maximum atomic E-state index is 14.5. The quantitative estimate of drug-likeness (QED) is 0.179. The number of fused-ring (bicyclic) bond motifs is 1. The van der Waals surface area contributed by atoms with E-state index in [0.717, 1.165) is 29.1 Å². The molecule has 0 radical (unpaired) electrons. The summed E-state index contributed by atoms with van der Waals surface area (Å²) in [5, 5.41) is 29.8. The maximum absolute atomic E-state index is 14.5. The molecule has 1 unspecified atom stereocenters. The van der Waals surface area contributed by atoms with E-state index in [9.17, 15) is 32.6 Å². The minimum Gasteiger partial charge on any atom is -0.480 e. The summed E-state index contributed by atoms with van der Waals surface area (Å²) in [5.41, 5.74) is -3.24. The van der Waals surface area contributed by atoms with Gasteiger partial charge < -0.3 is 20.2 Å². The number of hydrogen-bond donors (Lipinski definition) is 4. The molecule has 1 aromatic heterocycles. The number of halogens is 4. The molecule has 0 aliphatic heterocycles. The number of nitrogens with zero attached hydrogens (tertiary/aromatic N) is 1. The standard InChI is InChI=1S/C25H19F4N3O3/c26-17-6-8-18(9-7-17)31-21-10-5-16(11-15(21)12-30)24(35,25(27,28)29)20-13-32(14-23(33)34)22-4-2-1-3-19(20)22/h1-13,30-31,35H,14H2,(H,33,34)/p+1. The summed E-state index contributed by atoms with van der Waals surface area (Å²) < 4.78 is 57.9. The predicted octanol–water partition coefficient (Wildman–Crippen LogP) is 4.19. The lowest BCUT2D eigenvalue weighted by Crippen LogP contribution is -2.71.